The van der Waals surface area contributed by atoms with Gasteiger partial charge in [-0.1, -0.05) is 22.0 Å². The van der Waals surface area contributed by atoms with Gasteiger partial charge in [-0.15, -0.1) is 0 Å². The second-order valence-corrected chi connectivity index (χ2v) is 4.80. The van der Waals surface area contributed by atoms with E-state index in [0.29, 0.717) is 12.3 Å². The first-order chi connectivity index (χ1) is 6.79. The third-order valence-electron chi connectivity index (χ3n) is 2.88. The summed E-state index contributed by atoms with van der Waals surface area (Å²) in [6.45, 7) is 0. The number of hydrogen-bond donors (Lipinski definition) is 0. The van der Waals surface area contributed by atoms with Crippen LogP contribution >= 0.6 is 15.9 Å². The van der Waals surface area contributed by atoms with Gasteiger partial charge < -0.3 is 0 Å². The van der Waals surface area contributed by atoms with Crippen LogP contribution in [0.15, 0.2) is 22.7 Å². The summed E-state index contributed by atoms with van der Waals surface area (Å²) in [5, 5.41) is 8.66. The molecule has 0 saturated heterocycles. The number of fused-ring (bicyclic) bond motifs is 1. The van der Waals surface area contributed by atoms with Gasteiger partial charge in [-0.2, -0.15) is 5.26 Å². The quantitative estimate of drug-likeness (QED) is 0.748. The Bertz CT molecular complexity index is 378. The van der Waals surface area contributed by atoms with Gasteiger partial charge in [0, 0.05) is 10.9 Å². The van der Waals surface area contributed by atoms with Crippen LogP contribution in [0.4, 0.5) is 0 Å². The van der Waals surface area contributed by atoms with Crippen LogP contribution in [0.5, 0.6) is 0 Å². The van der Waals surface area contributed by atoms with Crippen LogP contribution in [0.3, 0.4) is 0 Å². The van der Waals surface area contributed by atoms with Gasteiger partial charge in [-0.3, -0.25) is 0 Å². The Morgan fingerprint density at radius 1 is 1.43 bits per heavy atom. The van der Waals surface area contributed by atoms with Crippen molar-refractivity contribution in [1.29, 1.82) is 5.26 Å². The standard InChI is InChI=1S/C12H12BrN/c13-12-4-3-10-2-1-9(5-6-14)7-11(10)8-12/h3-4,8-9H,1-2,5,7H2. The third kappa shape index (κ3) is 1.99. The highest BCUT2D eigenvalue weighted by Gasteiger charge is 2.18. The molecule has 0 fully saturated rings. The van der Waals surface area contributed by atoms with Crippen molar-refractivity contribution < 1.29 is 0 Å². The lowest BCUT2D eigenvalue weighted by Gasteiger charge is -2.22. The largest absolute Gasteiger partial charge is 0.198 e. The summed E-state index contributed by atoms with van der Waals surface area (Å²) in [5.41, 5.74) is 2.88. The summed E-state index contributed by atoms with van der Waals surface area (Å²) in [6, 6.07) is 8.76. The Labute approximate surface area is 92.9 Å². The molecule has 1 aliphatic rings. The number of rotatable bonds is 1. The Kier molecular flexibility index (Phi) is 2.88. The van der Waals surface area contributed by atoms with Crippen molar-refractivity contribution in [1.82, 2.24) is 0 Å². The molecule has 0 N–H and O–H groups in total. The van der Waals surface area contributed by atoms with E-state index in [1.165, 1.54) is 17.5 Å². The van der Waals surface area contributed by atoms with Crippen molar-refractivity contribution in [2.45, 2.75) is 25.7 Å². The van der Waals surface area contributed by atoms with E-state index in [1.807, 2.05) is 0 Å². The van der Waals surface area contributed by atoms with Crippen molar-refractivity contribution in [3.63, 3.8) is 0 Å². The number of benzene rings is 1. The van der Waals surface area contributed by atoms with Crippen molar-refractivity contribution >= 4 is 15.9 Å². The summed E-state index contributed by atoms with van der Waals surface area (Å²) < 4.78 is 1.15. The molecule has 0 bridgehead atoms. The third-order valence-corrected chi connectivity index (χ3v) is 3.37. The first-order valence-corrected chi connectivity index (χ1v) is 5.73. The molecule has 0 radical (unpaired) electrons. The van der Waals surface area contributed by atoms with Crippen LogP contribution in [0, 0.1) is 17.2 Å². The number of aryl methyl sites for hydroxylation is 1. The molecule has 2 heteroatoms. The second kappa shape index (κ2) is 4.14. The van der Waals surface area contributed by atoms with E-state index in [9.17, 15) is 0 Å². The van der Waals surface area contributed by atoms with Gasteiger partial charge >= 0.3 is 0 Å². The molecule has 0 spiro atoms. The molecule has 1 aromatic rings. The second-order valence-electron chi connectivity index (χ2n) is 3.88. The fourth-order valence-electron chi connectivity index (χ4n) is 2.10. The van der Waals surface area contributed by atoms with E-state index in [-0.39, 0.29) is 0 Å². The minimum Gasteiger partial charge on any atom is -0.198 e. The highest BCUT2D eigenvalue weighted by molar-refractivity contribution is 9.10. The topological polar surface area (TPSA) is 23.8 Å². The zero-order chi connectivity index (χ0) is 9.97. The monoisotopic (exact) mass is 249 g/mol. The summed E-state index contributed by atoms with van der Waals surface area (Å²) in [4.78, 5) is 0. The number of hydrogen-bond acceptors (Lipinski definition) is 1. The van der Waals surface area contributed by atoms with E-state index in [0.717, 1.165) is 17.3 Å². The van der Waals surface area contributed by atoms with Gasteiger partial charge in [0.05, 0.1) is 6.07 Å². The molecule has 2 rings (SSSR count). The Morgan fingerprint density at radius 3 is 3.07 bits per heavy atom. The van der Waals surface area contributed by atoms with E-state index < -0.39 is 0 Å². The van der Waals surface area contributed by atoms with Crippen molar-refractivity contribution in [3.05, 3.63) is 33.8 Å². The summed E-state index contributed by atoms with van der Waals surface area (Å²) in [5.74, 6) is 0.571. The molecule has 0 heterocycles. The smallest absolute Gasteiger partial charge is 0.0624 e. The minimum atomic E-state index is 0.571. The van der Waals surface area contributed by atoms with Crippen LogP contribution in [0.1, 0.15) is 24.0 Å². The SMILES string of the molecule is N#CCC1CCc2ccc(Br)cc2C1. The van der Waals surface area contributed by atoms with Gasteiger partial charge in [0.15, 0.2) is 0 Å². The summed E-state index contributed by atoms with van der Waals surface area (Å²) >= 11 is 3.48. The van der Waals surface area contributed by atoms with Crippen LogP contribution in [0.25, 0.3) is 0 Å². The molecule has 72 valence electrons. The predicted octanol–water partition coefficient (Wildman–Crippen LogP) is 3.47. The van der Waals surface area contributed by atoms with Gasteiger partial charge in [-0.05, 0) is 48.4 Å². The Morgan fingerprint density at radius 2 is 2.29 bits per heavy atom. The maximum absolute atomic E-state index is 8.66. The van der Waals surface area contributed by atoms with E-state index in [2.05, 4.69) is 40.2 Å². The summed E-state index contributed by atoms with van der Waals surface area (Å²) in [6.07, 6.45) is 4.07. The average molecular weight is 250 g/mol. The molecule has 0 aliphatic heterocycles. The number of nitrogens with zero attached hydrogens (tertiary/aromatic N) is 1. The highest BCUT2D eigenvalue weighted by atomic mass is 79.9. The van der Waals surface area contributed by atoms with Gasteiger partial charge in [0.2, 0.25) is 0 Å². The van der Waals surface area contributed by atoms with Crippen LogP contribution < -0.4 is 0 Å². The number of halogens is 1. The Balaban J connectivity index is 2.21. The van der Waals surface area contributed by atoms with Gasteiger partial charge in [0.25, 0.3) is 0 Å². The maximum Gasteiger partial charge on any atom is 0.0624 e. The molecule has 0 aromatic heterocycles. The first-order valence-electron chi connectivity index (χ1n) is 4.94. The summed E-state index contributed by atoms with van der Waals surface area (Å²) in [7, 11) is 0. The van der Waals surface area contributed by atoms with Crippen LogP contribution in [0.2, 0.25) is 0 Å². The lowest BCUT2D eigenvalue weighted by molar-refractivity contribution is 0.468. The van der Waals surface area contributed by atoms with Gasteiger partial charge in [-0.25, -0.2) is 0 Å². The van der Waals surface area contributed by atoms with Crippen LogP contribution in [-0.2, 0) is 12.8 Å². The minimum absolute atomic E-state index is 0.571. The fourth-order valence-corrected chi connectivity index (χ4v) is 2.51. The molecule has 1 atom stereocenters. The van der Waals surface area contributed by atoms with E-state index in [1.54, 1.807) is 0 Å². The van der Waals surface area contributed by atoms with E-state index in [4.69, 9.17) is 5.26 Å². The zero-order valence-corrected chi connectivity index (χ0v) is 9.55. The lowest BCUT2D eigenvalue weighted by atomic mass is 9.83. The highest BCUT2D eigenvalue weighted by Crippen LogP contribution is 2.29. The maximum atomic E-state index is 8.66. The molecule has 1 aliphatic carbocycles. The van der Waals surface area contributed by atoms with Crippen molar-refractivity contribution in [2.75, 3.05) is 0 Å². The molecule has 1 aromatic carbocycles. The molecule has 0 saturated carbocycles. The molecule has 1 nitrogen and oxygen atoms in total. The molecular weight excluding hydrogens is 238 g/mol. The van der Waals surface area contributed by atoms with Crippen LogP contribution in [-0.4, -0.2) is 0 Å². The lowest BCUT2D eigenvalue weighted by Crippen LogP contribution is -2.13. The molecule has 14 heavy (non-hydrogen) atoms. The normalized spacial score (nSPS) is 19.9. The predicted molar refractivity (Wildman–Crippen MR) is 59.9 cm³/mol. The Hall–Kier alpha value is -0.810. The number of nitriles is 1. The molecule has 1 unspecified atom stereocenters. The zero-order valence-electron chi connectivity index (χ0n) is 7.96. The van der Waals surface area contributed by atoms with E-state index >= 15 is 0 Å². The first kappa shape index (κ1) is 9.73. The average Bonchev–Trinajstić information content (AvgIpc) is 2.17. The van der Waals surface area contributed by atoms with Crippen molar-refractivity contribution in [3.8, 4) is 6.07 Å². The molecule has 0 amide bonds. The van der Waals surface area contributed by atoms with Crippen molar-refractivity contribution in [2.24, 2.45) is 5.92 Å². The fraction of sp³-hybridized carbons (Fsp3) is 0.417. The molecular formula is C12H12BrN. The van der Waals surface area contributed by atoms with Gasteiger partial charge in [0.1, 0.15) is 0 Å².